The summed E-state index contributed by atoms with van der Waals surface area (Å²) in [7, 11) is 0. The van der Waals surface area contributed by atoms with E-state index in [0.29, 0.717) is 0 Å². The Morgan fingerprint density at radius 2 is 1.58 bits per heavy atom. The smallest absolute Gasteiger partial charge is 0.0594 e. The Morgan fingerprint density at radius 3 is 2.32 bits per heavy atom. The van der Waals surface area contributed by atoms with E-state index in [1.54, 1.807) is 0 Å². The van der Waals surface area contributed by atoms with E-state index in [1.165, 1.54) is 33.0 Å². The molecule has 0 atom stereocenters. The van der Waals surface area contributed by atoms with Gasteiger partial charge in [0.2, 0.25) is 0 Å². The third-order valence-electron chi connectivity index (χ3n) is 7.62. The topological polar surface area (TPSA) is 24.5 Å². The fourth-order valence-corrected chi connectivity index (χ4v) is 5.29. The van der Waals surface area contributed by atoms with Gasteiger partial charge in [-0.2, -0.15) is 0 Å². The van der Waals surface area contributed by atoms with Crippen molar-refractivity contribution in [1.82, 2.24) is 4.90 Å². The van der Waals surface area contributed by atoms with Gasteiger partial charge in [-0.15, -0.1) is 0 Å². The van der Waals surface area contributed by atoms with Gasteiger partial charge in [-0.05, 0) is 70.1 Å². The number of benzene rings is 4. The number of nitrogens with one attached hydrogen (secondary N) is 1. The molecule has 0 aromatic heterocycles. The zero-order chi connectivity index (χ0) is 26.5. The van der Waals surface area contributed by atoms with Gasteiger partial charge >= 0.3 is 0 Å². The van der Waals surface area contributed by atoms with Crippen LogP contribution in [0.25, 0.3) is 27.6 Å². The zero-order valence-corrected chi connectivity index (χ0v) is 23.1. The molecule has 38 heavy (non-hydrogen) atoms. The second-order valence-electron chi connectivity index (χ2n) is 11.4. The molecule has 5 rings (SSSR count). The lowest BCUT2D eigenvalue weighted by Crippen LogP contribution is -2.36. The van der Waals surface area contributed by atoms with Crippen LogP contribution in [-0.2, 0) is 16.6 Å². The molecule has 196 valence electrons. The SMILES string of the molecule is C=C(Nc1ccc(CCCN2CCOCC2)c2ccccc12)c1cccc(-c2ccc(C(C)(C)C)cc2)c1. The first kappa shape index (κ1) is 26.2. The van der Waals surface area contributed by atoms with E-state index in [-0.39, 0.29) is 5.41 Å². The van der Waals surface area contributed by atoms with Gasteiger partial charge in [0.25, 0.3) is 0 Å². The van der Waals surface area contributed by atoms with Gasteiger partial charge < -0.3 is 10.1 Å². The molecule has 0 bridgehead atoms. The summed E-state index contributed by atoms with van der Waals surface area (Å²) >= 11 is 0. The lowest BCUT2D eigenvalue weighted by Gasteiger charge is -2.26. The maximum atomic E-state index is 5.49. The predicted octanol–water partition coefficient (Wildman–Crippen LogP) is 8.15. The van der Waals surface area contributed by atoms with Crippen molar-refractivity contribution in [1.29, 1.82) is 0 Å². The second-order valence-corrected chi connectivity index (χ2v) is 11.4. The van der Waals surface area contributed by atoms with Crippen LogP contribution in [0, 0.1) is 0 Å². The monoisotopic (exact) mass is 504 g/mol. The number of anilines is 1. The van der Waals surface area contributed by atoms with Crippen LogP contribution in [0.5, 0.6) is 0 Å². The summed E-state index contributed by atoms with van der Waals surface area (Å²) in [5.74, 6) is 0. The van der Waals surface area contributed by atoms with Crippen molar-refractivity contribution in [3.05, 3.63) is 108 Å². The van der Waals surface area contributed by atoms with Gasteiger partial charge in [-0.25, -0.2) is 0 Å². The second kappa shape index (κ2) is 11.6. The van der Waals surface area contributed by atoms with Crippen LogP contribution in [0.1, 0.15) is 43.9 Å². The Labute approximate surface area is 228 Å². The Morgan fingerprint density at radius 1 is 0.842 bits per heavy atom. The van der Waals surface area contributed by atoms with Gasteiger partial charge in [-0.3, -0.25) is 4.90 Å². The van der Waals surface area contributed by atoms with E-state index >= 15 is 0 Å². The normalized spacial score (nSPS) is 14.5. The van der Waals surface area contributed by atoms with E-state index in [2.05, 4.69) is 122 Å². The van der Waals surface area contributed by atoms with Gasteiger partial charge in [-0.1, -0.05) is 100 Å². The molecule has 4 aromatic rings. The Bertz CT molecular complexity index is 1390. The molecular weight excluding hydrogens is 464 g/mol. The van der Waals surface area contributed by atoms with Crippen molar-refractivity contribution < 1.29 is 4.74 Å². The minimum Gasteiger partial charge on any atom is -0.379 e. The lowest BCUT2D eigenvalue weighted by molar-refractivity contribution is 0.0375. The quantitative estimate of drug-likeness (QED) is 0.262. The fourth-order valence-electron chi connectivity index (χ4n) is 5.29. The van der Waals surface area contributed by atoms with Gasteiger partial charge in [0, 0.05) is 29.9 Å². The minimum absolute atomic E-state index is 0.152. The third kappa shape index (κ3) is 6.18. The van der Waals surface area contributed by atoms with Crippen LogP contribution in [0.3, 0.4) is 0 Å². The van der Waals surface area contributed by atoms with Crippen LogP contribution in [0.15, 0.2) is 91.5 Å². The molecule has 1 saturated heterocycles. The molecule has 0 aliphatic carbocycles. The van der Waals surface area contributed by atoms with Crippen molar-refractivity contribution in [3.8, 4) is 11.1 Å². The van der Waals surface area contributed by atoms with Gasteiger partial charge in [0.15, 0.2) is 0 Å². The maximum Gasteiger partial charge on any atom is 0.0594 e. The molecule has 1 aliphatic rings. The molecule has 0 spiro atoms. The molecule has 0 unspecified atom stereocenters. The maximum absolute atomic E-state index is 5.49. The first-order valence-corrected chi connectivity index (χ1v) is 13.9. The van der Waals surface area contributed by atoms with E-state index in [9.17, 15) is 0 Å². The number of hydrogen-bond donors (Lipinski definition) is 1. The van der Waals surface area contributed by atoms with Crippen molar-refractivity contribution in [2.45, 2.75) is 39.0 Å². The summed E-state index contributed by atoms with van der Waals surface area (Å²) in [6.07, 6.45) is 2.24. The van der Waals surface area contributed by atoms with Crippen LogP contribution >= 0.6 is 0 Å². The number of nitrogens with zero attached hydrogens (tertiary/aromatic N) is 1. The molecule has 1 heterocycles. The Balaban J connectivity index is 1.31. The van der Waals surface area contributed by atoms with E-state index in [1.807, 2.05) is 0 Å². The largest absolute Gasteiger partial charge is 0.379 e. The highest BCUT2D eigenvalue weighted by Crippen LogP contribution is 2.31. The van der Waals surface area contributed by atoms with Crippen molar-refractivity contribution >= 4 is 22.2 Å². The molecule has 0 radical (unpaired) electrons. The molecule has 0 saturated carbocycles. The fraction of sp³-hybridized carbons (Fsp3) is 0.314. The molecule has 3 heteroatoms. The molecule has 1 fully saturated rings. The molecule has 0 amide bonds. The van der Waals surface area contributed by atoms with Gasteiger partial charge in [0.05, 0.1) is 13.2 Å². The Kier molecular flexibility index (Phi) is 7.97. The summed E-state index contributed by atoms with van der Waals surface area (Å²) in [4.78, 5) is 2.51. The van der Waals surface area contributed by atoms with E-state index in [0.717, 1.165) is 62.6 Å². The third-order valence-corrected chi connectivity index (χ3v) is 7.62. The summed E-state index contributed by atoms with van der Waals surface area (Å²) < 4.78 is 5.49. The predicted molar refractivity (Wildman–Crippen MR) is 163 cm³/mol. The highest BCUT2D eigenvalue weighted by atomic mass is 16.5. The Hall–Kier alpha value is -3.40. The van der Waals surface area contributed by atoms with E-state index in [4.69, 9.17) is 4.74 Å². The molecule has 1 N–H and O–H groups in total. The number of morpholine rings is 1. The summed E-state index contributed by atoms with van der Waals surface area (Å²) in [6, 6.07) is 30.8. The zero-order valence-electron chi connectivity index (χ0n) is 23.1. The number of rotatable bonds is 8. The van der Waals surface area contributed by atoms with E-state index < -0.39 is 0 Å². The summed E-state index contributed by atoms with van der Waals surface area (Å²) in [5.41, 5.74) is 8.43. The van der Waals surface area contributed by atoms with Crippen LogP contribution in [0.4, 0.5) is 5.69 Å². The average Bonchev–Trinajstić information content (AvgIpc) is 2.94. The number of aryl methyl sites for hydroxylation is 1. The van der Waals surface area contributed by atoms with Crippen LogP contribution < -0.4 is 5.32 Å². The van der Waals surface area contributed by atoms with Crippen molar-refractivity contribution in [2.75, 3.05) is 38.2 Å². The average molecular weight is 505 g/mol. The number of ether oxygens (including phenoxy) is 1. The summed E-state index contributed by atoms with van der Waals surface area (Å²) in [5, 5.41) is 6.19. The highest BCUT2D eigenvalue weighted by Gasteiger charge is 2.14. The molecule has 1 aliphatic heterocycles. The van der Waals surface area contributed by atoms with Gasteiger partial charge in [0.1, 0.15) is 0 Å². The first-order chi connectivity index (χ1) is 18.4. The molecule has 4 aromatic carbocycles. The number of hydrogen-bond acceptors (Lipinski definition) is 3. The molecular formula is C35H40N2O. The standard InChI is InChI=1S/C35H40N2O/c1-26(29-9-7-10-30(25-29)27-14-17-31(18-15-27)35(2,3)4)36-34-19-16-28(32-12-5-6-13-33(32)34)11-8-20-37-21-23-38-24-22-37/h5-7,9-10,12-19,25,36H,1,8,11,20-24H2,2-4H3. The lowest BCUT2D eigenvalue weighted by atomic mass is 9.86. The van der Waals surface area contributed by atoms with Crippen molar-refractivity contribution in [3.63, 3.8) is 0 Å². The van der Waals surface area contributed by atoms with Crippen molar-refractivity contribution in [2.24, 2.45) is 0 Å². The van der Waals surface area contributed by atoms with Crippen LogP contribution in [-0.4, -0.2) is 37.7 Å². The minimum atomic E-state index is 0.152. The first-order valence-electron chi connectivity index (χ1n) is 13.9. The molecule has 3 nitrogen and oxygen atoms in total. The summed E-state index contributed by atoms with van der Waals surface area (Å²) in [6.45, 7) is 16.1. The highest BCUT2D eigenvalue weighted by molar-refractivity contribution is 5.99. The number of fused-ring (bicyclic) bond motifs is 1. The van der Waals surface area contributed by atoms with Crippen LogP contribution in [0.2, 0.25) is 0 Å².